The average Bonchev–Trinajstić information content (AvgIpc) is 2.11. The van der Waals surface area contributed by atoms with Crippen LogP contribution in [0.3, 0.4) is 0 Å². The van der Waals surface area contributed by atoms with Crippen molar-refractivity contribution in [1.29, 1.82) is 0 Å². The van der Waals surface area contributed by atoms with Gasteiger partial charge in [0.05, 0.1) is 0 Å². The Morgan fingerprint density at radius 1 is 1.08 bits per heavy atom. The summed E-state index contributed by atoms with van der Waals surface area (Å²) in [6.07, 6.45) is 12.7. The van der Waals surface area contributed by atoms with Gasteiger partial charge in [-0.15, -0.1) is 0 Å². The third kappa shape index (κ3) is 6.45. The number of allylic oxidation sites excluding steroid dienone is 2. The van der Waals surface area contributed by atoms with Gasteiger partial charge in [0.2, 0.25) is 0 Å². The van der Waals surface area contributed by atoms with Gasteiger partial charge in [0.25, 0.3) is 0 Å². The zero-order chi connectivity index (χ0) is 9.23. The summed E-state index contributed by atoms with van der Waals surface area (Å²) in [4.78, 5) is 0. The van der Waals surface area contributed by atoms with Gasteiger partial charge < -0.3 is 0 Å². The molecular formula is C12H24. The first-order chi connectivity index (χ1) is 5.85. The lowest BCUT2D eigenvalue weighted by atomic mass is 9.98. The first-order valence-electron chi connectivity index (χ1n) is 5.51. The van der Waals surface area contributed by atoms with Crippen LogP contribution in [0.2, 0.25) is 0 Å². The second-order valence-electron chi connectivity index (χ2n) is 3.53. The van der Waals surface area contributed by atoms with Crippen molar-refractivity contribution in [3.63, 3.8) is 0 Å². The van der Waals surface area contributed by atoms with Gasteiger partial charge in [-0.3, -0.25) is 0 Å². The van der Waals surface area contributed by atoms with Crippen molar-refractivity contribution in [2.24, 2.45) is 5.92 Å². The zero-order valence-corrected chi connectivity index (χ0v) is 8.97. The van der Waals surface area contributed by atoms with Crippen LogP contribution in [-0.2, 0) is 0 Å². The minimum absolute atomic E-state index is 0.844. The normalized spacial score (nSPS) is 13.9. The third-order valence-corrected chi connectivity index (χ3v) is 2.32. The molecule has 72 valence electrons. The minimum Gasteiger partial charge on any atom is -0.0883 e. The molecule has 0 fully saturated rings. The topological polar surface area (TPSA) is 0 Å². The van der Waals surface area contributed by atoms with Crippen molar-refractivity contribution in [2.45, 2.75) is 59.3 Å². The standard InChI is InChI=1S/C12H24/c1-4-7-9-11-12(6-3)10-8-5-2/h9,11-12H,4-8,10H2,1-3H3/b11-9+. The molecule has 0 saturated carbocycles. The van der Waals surface area contributed by atoms with E-state index in [0.29, 0.717) is 0 Å². The highest BCUT2D eigenvalue weighted by atomic mass is 14.0. The molecule has 0 aliphatic heterocycles. The van der Waals surface area contributed by atoms with E-state index in [4.69, 9.17) is 0 Å². The number of unbranched alkanes of at least 4 members (excludes halogenated alkanes) is 2. The molecule has 0 bridgehead atoms. The second kappa shape index (κ2) is 8.83. The van der Waals surface area contributed by atoms with Gasteiger partial charge in [-0.05, 0) is 25.2 Å². The SMILES string of the molecule is CCC/C=C/C(CC)CCCC. The summed E-state index contributed by atoms with van der Waals surface area (Å²) in [7, 11) is 0. The number of hydrogen-bond donors (Lipinski definition) is 0. The maximum absolute atomic E-state index is 2.42. The molecule has 0 aromatic rings. The Labute approximate surface area is 78.1 Å². The maximum atomic E-state index is 2.42. The first kappa shape index (κ1) is 11.7. The molecular weight excluding hydrogens is 144 g/mol. The molecule has 0 saturated heterocycles. The second-order valence-corrected chi connectivity index (χ2v) is 3.53. The molecule has 0 nitrogen and oxygen atoms in total. The average molecular weight is 168 g/mol. The lowest BCUT2D eigenvalue weighted by Gasteiger charge is -2.07. The van der Waals surface area contributed by atoms with E-state index >= 15 is 0 Å². The van der Waals surface area contributed by atoms with Gasteiger partial charge in [-0.2, -0.15) is 0 Å². The molecule has 0 heterocycles. The van der Waals surface area contributed by atoms with Crippen molar-refractivity contribution in [2.75, 3.05) is 0 Å². The lowest BCUT2D eigenvalue weighted by Crippen LogP contribution is -1.93. The van der Waals surface area contributed by atoms with Crippen LogP contribution in [0.25, 0.3) is 0 Å². The summed E-state index contributed by atoms with van der Waals surface area (Å²) in [5, 5.41) is 0. The predicted molar refractivity (Wildman–Crippen MR) is 57.4 cm³/mol. The largest absolute Gasteiger partial charge is 0.0883 e. The van der Waals surface area contributed by atoms with Gasteiger partial charge in [-0.25, -0.2) is 0 Å². The van der Waals surface area contributed by atoms with E-state index in [9.17, 15) is 0 Å². The van der Waals surface area contributed by atoms with Crippen molar-refractivity contribution in [3.05, 3.63) is 12.2 Å². The van der Waals surface area contributed by atoms with Crippen molar-refractivity contribution < 1.29 is 0 Å². The molecule has 0 aromatic heterocycles. The lowest BCUT2D eigenvalue weighted by molar-refractivity contribution is 0.539. The van der Waals surface area contributed by atoms with Crippen molar-refractivity contribution in [3.8, 4) is 0 Å². The van der Waals surface area contributed by atoms with E-state index in [1.807, 2.05) is 0 Å². The highest BCUT2D eigenvalue weighted by molar-refractivity contribution is 4.87. The van der Waals surface area contributed by atoms with E-state index in [-0.39, 0.29) is 0 Å². The fourth-order valence-electron chi connectivity index (χ4n) is 1.36. The van der Waals surface area contributed by atoms with Crippen LogP contribution in [-0.4, -0.2) is 0 Å². The van der Waals surface area contributed by atoms with Gasteiger partial charge in [0, 0.05) is 0 Å². The van der Waals surface area contributed by atoms with Crippen LogP contribution in [0.4, 0.5) is 0 Å². The third-order valence-electron chi connectivity index (χ3n) is 2.32. The zero-order valence-electron chi connectivity index (χ0n) is 8.97. The summed E-state index contributed by atoms with van der Waals surface area (Å²) in [6, 6.07) is 0. The fraction of sp³-hybridized carbons (Fsp3) is 0.833. The first-order valence-corrected chi connectivity index (χ1v) is 5.51. The predicted octanol–water partition coefficient (Wildman–Crippen LogP) is 4.56. The molecule has 0 aliphatic carbocycles. The van der Waals surface area contributed by atoms with Crippen LogP contribution in [0.5, 0.6) is 0 Å². The highest BCUT2D eigenvalue weighted by Crippen LogP contribution is 2.14. The molecule has 0 aliphatic rings. The van der Waals surface area contributed by atoms with Gasteiger partial charge in [-0.1, -0.05) is 52.2 Å². The molecule has 0 N–H and O–H groups in total. The summed E-state index contributed by atoms with van der Waals surface area (Å²) in [5.74, 6) is 0.844. The Morgan fingerprint density at radius 3 is 2.33 bits per heavy atom. The van der Waals surface area contributed by atoms with E-state index in [1.165, 1.54) is 38.5 Å². The number of rotatable bonds is 7. The molecule has 0 heteroatoms. The molecule has 0 amide bonds. The van der Waals surface area contributed by atoms with Crippen LogP contribution in [0.15, 0.2) is 12.2 Å². The monoisotopic (exact) mass is 168 g/mol. The van der Waals surface area contributed by atoms with Crippen LogP contribution < -0.4 is 0 Å². The Morgan fingerprint density at radius 2 is 1.83 bits per heavy atom. The van der Waals surface area contributed by atoms with E-state index in [0.717, 1.165) is 5.92 Å². The van der Waals surface area contributed by atoms with E-state index < -0.39 is 0 Å². The summed E-state index contributed by atoms with van der Waals surface area (Å²) < 4.78 is 0. The van der Waals surface area contributed by atoms with Crippen LogP contribution in [0, 0.1) is 5.92 Å². The molecule has 0 radical (unpaired) electrons. The summed E-state index contributed by atoms with van der Waals surface area (Å²) in [5.41, 5.74) is 0. The maximum Gasteiger partial charge on any atom is -0.0236 e. The molecule has 1 unspecified atom stereocenters. The molecule has 12 heavy (non-hydrogen) atoms. The van der Waals surface area contributed by atoms with Crippen LogP contribution >= 0.6 is 0 Å². The number of hydrogen-bond acceptors (Lipinski definition) is 0. The molecule has 0 aromatic carbocycles. The fourth-order valence-corrected chi connectivity index (χ4v) is 1.36. The Kier molecular flexibility index (Phi) is 8.64. The smallest absolute Gasteiger partial charge is 0.0236 e. The van der Waals surface area contributed by atoms with Crippen LogP contribution in [0.1, 0.15) is 59.3 Å². The van der Waals surface area contributed by atoms with Crippen molar-refractivity contribution in [1.82, 2.24) is 0 Å². The van der Waals surface area contributed by atoms with Gasteiger partial charge in [0.15, 0.2) is 0 Å². The Hall–Kier alpha value is -0.260. The van der Waals surface area contributed by atoms with Crippen molar-refractivity contribution >= 4 is 0 Å². The highest BCUT2D eigenvalue weighted by Gasteiger charge is 1.99. The summed E-state index contributed by atoms with van der Waals surface area (Å²) >= 11 is 0. The molecule has 0 rings (SSSR count). The van der Waals surface area contributed by atoms with Gasteiger partial charge in [0.1, 0.15) is 0 Å². The summed E-state index contributed by atoms with van der Waals surface area (Å²) in [6.45, 7) is 6.79. The quantitative estimate of drug-likeness (QED) is 0.489. The van der Waals surface area contributed by atoms with E-state index in [1.54, 1.807) is 0 Å². The minimum atomic E-state index is 0.844. The molecule has 0 spiro atoms. The van der Waals surface area contributed by atoms with E-state index in [2.05, 4.69) is 32.9 Å². The van der Waals surface area contributed by atoms with Gasteiger partial charge >= 0.3 is 0 Å². The Bertz CT molecular complexity index is 103. The Balaban J connectivity index is 3.51. The molecule has 1 atom stereocenters.